The minimum atomic E-state index is -0.764. The largest absolute Gasteiger partial charge is 0.350 e. The Labute approximate surface area is 223 Å². The van der Waals surface area contributed by atoms with Crippen LogP contribution in [0.1, 0.15) is 29.5 Å². The minimum absolute atomic E-state index is 0.162. The minimum Gasteiger partial charge on any atom is -0.350 e. The van der Waals surface area contributed by atoms with Gasteiger partial charge in [0.1, 0.15) is 17.7 Å². The summed E-state index contributed by atoms with van der Waals surface area (Å²) in [5, 5.41) is 12.0. The Morgan fingerprint density at radius 1 is 0.947 bits per heavy atom. The van der Waals surface area contributed by atoms with Crippen molar-refractivity contribution in [2.24, 2.45) is 5.73 Å². The molecule has 7 nitrogen and oxygen atoms in total. The van der Waals surface area contributed by atoms with E-state index in [9.17, 15) is 14.0 Å². The van der Waals surface area contributed by atoms with E-state index in [0.29, 0.717) is 38.8 Å². The highest BCUT2D eigenvalue weighted by Crippen LogP contribution is 2.27. The first-order valence-corrected chi connectivity index (χ1v) is 13.0. The third-order valence-corrected chi connectivity index (χ3v) is 6.83. The monoisotopic (exact) mass is 515 g/mol. The lowest BCUT2D eigenvalue weighted by atomic mass is 10.0. The van der Waals surface area contributed by atoms with Crippen LogP contribution in [-0.2, 0) is 24.2 Å². The molecule has 0 saturated carbocycles. The van der Waals surface area contributed by atoms with E-state index in [2.05, 4.69) is 5.32 Å². The molecule has 0 radical (unpaired) electrons. The first-order valence-electron chi connectivity index (χ1n) is 13.0. The van der Waals surface area contributed by atoms with Gasteiger partial charge in [0.05, 0.1) is 6.04 Å². The molecule has 1 aliphatic rings. The fourth-order valence-electron chi connectivity index (χ4n) is 4.79. The Morgan fingerprint density at radius 3 is 2.21 bits per heavy atom. The van der Waals surface area contributed by atoms with Gasteiger partial charge < -0.3 is 16.0 Å². The van der Waals surface area contributed by atoms with Gasteiger partial charge in [-0.3, -0.25) is 15.1 Å². The Hall–Kier alpha value is -4.04. The molecule has 0 aromatic heterocycles. The van der Waals surface area contributed by atoms with Gasteiger partial charge in [-0.15, -0.1) is 0 Å². The summed E-state index contributed by atoms with van der Waals surface area (Å²) >= 11 is 0. The van der Waals surface area contributed by atoms with Crippen molar-refractivity contribution >= 4 is 17.8 Å². The summed E-state index contributed by atoms with van der Waals surface area (Å²) < 4.78 is 13.3. The van der Waals surface area contributed by atoms with Crippen molar-refractivity contribution in [2.45, 2.75) is 44.3 Å². The van der Waals surface area contributed by atoms with Crippen LogP contribution in [0.15, 0.2) is 84.9 Å². The number of carbonyl (C=O) groups excluding carboxylic acids is 2. The van der Waals surface area contributed by atoms with E-state index in [1.54, 1.807) is 17.0 Å². The zero-order valence-electron chi connectivity index (χ0n) is 21.4. The van der Waals surface area contributed by atoms with Crippen LogP contribution < -0.4 is 11.1 Å². The summed E-state index contributed by atoms with van der Waals surface area (Å²) in [6, 6.07) is 23.7. The molecule has 0 bridgehead atoms. The number of hydrogen-bond donors (Lipinski definition) is 3. The average Bonchev–Trinajstić information content (AvgIpc) is 3.17. The number of benzene rings is 3. The molecule has 4 rings (SSSR count). The molecule has 2 atom stereocenters. The van der Waals surface area contributed by atoms with Gasteiger partial charge in [0.15, 0.2) is 0 Å². The van der Waals surface area contributed by atoms with Gasteiger partial charge in [0, 0.05) is 19.5 Å². The fourth-order valence-corrected chi connectivity index (χ4v) is 4.79. The number of nitrogens with two attached hydrogens (primary N) is 1. The molecule has 0 aliphatic carbocycles. The molecule has 0 spiro atoms. The lowest BCUT2D eigenvalue weighted by Gasteiger charge is -2.31. The van der Waals surface area contributed by atoms with E-state index in [1.807, 2.05) is 60.7 Å². The van der Waals surface area contributed by atoms with Gasteiger partial charge in [-0.2, -0.15) is 0 Å². The maximum absolute atomic E-state index is 13.8. The third kappa shape index (κ3) is 6.63. The van der Waals surface area contributed by atoms with Crippen LogP contribution in [0.2, 0.25) is 0 Å². The molecule has 1 heterocycles. The fraction of sp³-hybridized carbons (Fsp3) is 0.300. The van der Waals surface area contributed by atoms with Gasteiger partial charge in [-0.25, -0.2) is 9.18 Å². The van der Waals surface area contributed by atoms with Crippen molar-refractivity contribution in [1.29, 1.82) is 5.41 Å². The van der Waals surface area contributed by atoms with Crippen LogP contribution in [0.5, 0.6) is 0 Å². The van der Waals surface area contributed by atoms with E-state index >= 15 is 0 Å². The molecule has 3 aromatic rings. The normalized spacial score (nSPS) is 16.1. The van der Waals surface area contributed by atoms with E-state index < -0.39 is 12.1 Å². The molecule has 1 fully saturated rings. The summed E-state index contributed by atoms with van der Waals surface area (Å²) in [4.78, 5) is 30.3. The van der Waals surface area contributed by atoms with Gasteiger partial charge >= 0.3 is 6.03 Å². The van der Waals surface area contributed by atoms with E-state index in [1.165, 1.54) is 17.0 Å². The van der Waals surface area contributed by atoms with E-state index in [0.717, 1.165) is 16.7 Å². The van der Waals surface area contributed by atoms with Gasteiger partial charge in [-0.05, 0) is 54.6 Å². The predicted octanol–water partition coefficient (Wildman–Crippen LogP) is 4.12. The maximum Gasteiger partial charge on any atom is 0.326 e. The van der Waals surface area contributed by atoms with E-state index in [4.69, 9.17) is 11.1 Å². The summed E-state index contributed by atoms with van der Waals surface area (Å²) in [5.74, 6) is -0.423. The van der Waals surface area contributed by atoms with Crippen molar-refractivity contribution in [3.05, 3.63) is 107 Å². The summed E-state index contributed by atoms with van der Waals surface area (Å²) in [7, 11) is 0. The highest BCUT2D eigenvalue weighted by Gasteiger charge is 2.47. The first-order chi connectivity index (χ1) is 18.5. The molecular formula is C30H34FN5O2. The van der Waals surface area contributed by atoms with Crippen molar-refractivity contribution < 1.29 is 14.0 Å². The summed E-state index contributed by atoms with van der Waals surface area (Å²) in [6.45, 7) is 0.996. The van der Waals surface area contributed by atoms with Crippen molar-refractivity contribution in [1.82, 2.24) is 15.1 Å². The second kappa shape index (κ2) is 13.0. The summed E-state index contributed by atoms with van der Waals surface area (Å²) in [5.41, 5.74) is 8.60. The zero-order chi connectivity index (χ0) is 26.9. The van der Waals surface area contributed by atoms with Crippen LogP contribution >= 0.6 is 0 Å². The number of amides is 3. The highest BCUT2D eigenvalue weighted by atomic mass is 19.1. The van der Waals surface area contributed by atoms with Crippen molar-refractivity contribution in [3.63, 3.8) is 0 Å². The van der Waals surface area contributed by atoms with Crippen LogP contribution in [0.25, 0.3) is 0 Å². The Morgan fingerprint density at radius 2 is 1.58 bits per heavy atom. The lowest BCUT2D eigenvalue weighted by Crippen LogP contribution is -2.52. The molecule has 38 heavy (non-hydrogen) atoms. The zero-order valence-corrected chi connectivity index (χ0v) is 21.4. The topological polar surface area (TPSA) is 103 Å². The van der Waals surface area contributed by atoms with Crippen LogP contribution in [0, 0.1) is 11.2 Å². The standard InChI is InChI=1S/C30H34FN5O2/c31-25-15-13-22(14-16-25)17-19-35-28(33)27(20-23-8-3-1-4-9-23)36(30(35)38)26(12-7-18-32)29(37)34-21-24-10-5-2-6-11-24/h1-6,8-11,13-16,26-27,33H,7,12,17-21,32H2,(H,34,37)/t26-,27-/m0/s1. The lowest BCUT2D eigenvalue weighted by molar-refractivity contribution is -0.126. The highest BCUT2D eigenvalue weighted by molar-refractivity contribution is 6.07. The average molecular weight is 516 g/mol. The first kappa shape index (κ1) is 27.0. The van der Waals surface area contributed by atoms with Crippen LogP contribution in [0.3, 0.4) is 0 Å². The SMILES string of the molecule is N=C1[C@H](Cc2ccccc2)N([C@@H](CCCN)C(=O)NCc2ccccc2)C(=O)N1CCc1ccc(F)cc1. The molecular weight excluding hydrogens is 481 g/mol. The van der Waals surface area contributed by atoms with Gasteiger partial charge in [0.2, 0.25) is 5.91 Å². The number of amidine groups is 1. The number of urea groups is 1. The molecule has 1 saturated heterocycles. The number of nitrogens with zero attached hydrogens (tertiary/aromatic N) is 2. The van der Waals surface area contributed by atoms with Crippen molar-refractivity contribution in [3.8, 4) is 0 Å². The number of carbonyl (C=O) groups is 2. The summed E-state index contributed by atoms with van der Waals surface area (Å²) in [6.07, 6.45) is 1.85. The quantitative estimate of drug-likeness (QED) is 0.338. The van der Waals surface area contributed by atoms with Crippen LogP contribution in [0.4, 0.5) is 9.18 Å². The van der Waals surface area contributed by atoms with Crippen LogP contribution in [-0.4, -0.2) is 52.7 Å². The van der Waals surface area contributed by atoms with E-state index in [-0.39, 0.29) is 30.1 Å². The molecule has 4 N–H and O–H groups in total. The molecule has 1 aliphatic heterocycles. The number of rotatable bonds is 12. The smallest absolute Gasteiger partial charge is 0.326 e. The second-order valence-corrected chi connectivity index (χ2v) is 9.46. The Balaban J connectivity index is 1.58. The number of nitrogens with one attached hydrogen (secondary N) is 2. The Bertz CT molecular complexity index is 1220. The second-order valence-electron chi connectivity index (χ2n) is 9.46. The van der Waals surface area contributed by atoms with Crippen molar-refractivity contribution in [2.75, 3.05) is 13.1 Å². The molecule has 198 valence electrons. The van der Waals surface area contributed by atoms with Gasteiger partial charge in [0.25, 0.3) is 0 Å². The van der Waals surface area contributed by atoms with Gasteiger partial charge in [-0.1, -0.05) is 72.8 Å². The molecule has 0 unspecified atom stereocenters. The molecule has 3 amide bonds. The third-order valence-electron chi connectivity index (χ3n) is 6.83. The molecule has 3 aromatic carbocycles. The Kier molecular flexibility index (Phi) is 9.21. The maximum atomic E-state index is 13.8. The number of halogens is 1. The number of hydrogen-bond acceptors (Lipinski definition) is 4. The predicted molar refractivity (Wildman–Crippen MR) is 146 cm³/mol. The molecule has 8 heteroatoms.